The van der Waals surface area contributed by atoms with E-state index in [1.807, 2.05) is 0 Å². The Morgan fingerprint density at radius 3 is 2.81 bits per heavy atom. The van der Waals surface area contributed by atoms with E-state index in [-0.39, 0.29) is 5.78 Å². The van der Waals surface area contributed by atoms with E-state index in [1.54, 1.807) is 17.1 Å². The van der Waals surface area contributed by atoms with Crippen molar-refractivity contribution in [1.29, 1.82) is 0 Å². The summed E-state index contributed by atoms with van der Waals surface area (Å²) in [7, 11) is 0. The molecule has 6 nitrogen and oxygen atoms in total. The fourth-order valence-corrected chi connectivity index (χ4v) is 1.31. The van der Waals surface area contributed by atoms with Gasteiger partial charge in [0.2, 0.25) is 5.78 Å². The Morgan fingerprint density at radius 2 is 2.12 bits per heavy atom. The van der Waals surface area contributed by atoms with E-state index in [4.69, 9.17) is 5.73 Å². The molecule has 16 heavy (non-hydrogen) atoms. The summed E-state index contributed by atoms with van der Waals surface area (Å²) in [6, 6.07) is 0. The molecule has 0 spiro atoms. The fourth-order valence-electron chi connectivity index (χ4n) is 1.31. The smallest absolute Gasteiger partial charge is 0.216 e. The number of imidazole rings is 1. The van der Waals surface area contributed by atoms with Crippen molar-refractivity contribution in [1.82, 2.24) is 19.5 Å². The van der Waals surface area contributed by atoms with Crippen LogP contribution in [-0.4, -0.2) is 31.8 Å². The molecule has 0 aliphatic carbocycles. The van der Waals surface area contributed by atoms with E-state index in [0.717, 1.165) is 0 Å². The van der Waals surface area contributed by atoms with Crippen LogP contribution in [0.4, 0.5) is 0 Å². The standard InChI is InChI=1S/C10H11N5O/c11-1-2-15-5-9(14-7-15)10(16)8-3-12-6-13-4-8/h3-7H,1-2,11H2. The summed E-state index contributed by atoms with van der Waals surface area (Å²) in [5, 5.41) is 0. The molecule has 0 atom stereocenters. The van der Waals surface area contributed by atoms with Crippen LogP contribution >= 0.6 is 0 Å². The summed E-state index contributed by atoms with van der Waals surface area (Å²) in [6.07, 6.45) is 7.57. The quantitative estimate of drug-likeness (QED) is 0.720. The number of hydrogen-bond acceptors (Lipinski definition) is 5. The second-order valence-electron chi connectivity index (χ2n) is 3.24. The molecular formula is C10H11N5O. The van der Waals surface area contributed by atoms with Crippen LogP contribution < -0.4 is 5.73 Å². The van der Waals surface area contributed by atoms with Crippen LogP contribution in [-0.2, 0) is 6.54 Å². The summed E-state index contributed by atoms with van der Waals surface area (Å²) in [4.78, 5) is 23.5. The van der Waals surface area contributed by atoms with Crippen molar-refractivity contribution in [2.24, 2.45) is 5.73 Å². The van der Waals surface area contributed by atoms with Crippen LogP contribution in [0.1, 0.15) is 16.1 Å². The minimum Gasteiger partial charge on any atom is -0.335 e. The van der Waals surface area contributed by atoms with E-state index in [1.165, 1.54) is 18.7 Å². The van der Waals surface area contributed by atoms with Crippen LogP contribution in [0.5, 0.6) is 0 Å². The van der Waals surface area contributed by atoms with E-state index in [0.29, 0.717) is 24.3 Å². The first-order chi connectivity index (χ1) is 7.81. The van der Waals surface area contributed by atoms with Crippen LogP contribution in [0, 0.1) is 0 Å². The molecule has 0 aromatic carbocycles. The summed E-state index contributed by atoms with van der Waals surface area (Å²) in [5.41, 5.74) is 6.21. The average molecular weight is 217 g/mol. The second kappa shape index (κ2) is 4.63. The maximum Gasteiger partial charge on any atom is 0.216 e. The number of carbonyl (C=O) groups excluding carboxylic acids is 1. The Balaban J connectivity index is 2.21. The van der Waals surface area contributed by atoms with Crippen molar-refractivity contribution >= 4 is 5.78 Å². The van der Waals surface area contributed by atoms with Crippen molar-refractivity contribution in [3.8, 4) is 0 Å². The Labute approximate surface area is 92.2 Å². The lowest BCUT2D eigenvalue weighted by Gasteiger charge is -1.96. The third kappa shape index (κ3) is 2.12. The second-order valence-corrected chi connectivity index (χ2v) is 3.24. The number of carbonyl (C=O) groups is 1. The van der Waals surface area contributed by atoms with E-state index in [2.05, 4.69) is 15.0 Å². The normalized spacial score (nSPS) is 10.3. The van der Waals surface area contributed by atoms with Gasteiger partial charge >= 0.3 is 0 Å². The minimum atomic E-state index is -0.184. The monoisotopic (exact) mass is 217 g/mol. The first-order valence-electron chi connectivity index (χ1n) is 4.83. The number of nitrogens with two attached hydrogens (primary N) is 1. The van der Waals surface area contributed by atoms with Crippen molar-refractivity contribution < 1.29 is 4.79 Å². The molecule has 0 radical (unpaired) electrons. The molecule has 6 heteroatoms. The molecule has 2 aromatic rings. The molecule has 82 valence electrons. The van der Waals surface area contributed by atoms with Crippen LogP contribution in [0.3, 0.4) is 0 Å². The third-order valence-corrected chi connectivity index (χ3v) is 2.08. The Morgan fingerprint density at radius 1 is 1.38 bits per heavy atom. The molecular weight excluding hydrogens is 206 g/mol. The van der Waals surface area contributed by atoms with Crippen molar-refractivity contribution in [3.63, 3.8) is 0 Å². The summed E-state index contributed by atoms with van der Waals surface area (Å²) >= 11 is 0. The highest BCUT2D eigenvalue weighted by Gasteiger charge is 2.12. The van der Waals surface area contributed by atoms with Crippen molar-refractivity contribution in [3.05, 3.63) is 42.5 Å². The lowest BCUT2D eigenvalue weighted by molar-refractivity contribution is 0.103. The molecule has 2 rings (SSSR count). The van der Waals surface area contributed by atoms with Crippen LogP contribution in [0.25, 0.3) is 0 Å². The number of nitrogens with zero attached hydrogens (tertiary/aromatic N) is 4. The lowest BCUT2D eigenvalue weighted by atomic mass is 10.2. The van der Waals surface area contributed by atoms with Gasteiger partial charge in [-0.2, -0.15) is 0 Å². The van der Waals surface area contributed by atoms with E-state index >= 15 is 0 Å². The highest BCUT2D eigenvalue weighted by molar-refractivity contribution is 6.07. The maximum absolute atomic E-state index is 11.9. The molecule has 2 aromatic heterocycles. The summed E-state index contributed by atoms with van der Waals surface area (Å²) < 4.78 is 1.77. The topological polar surface area (TPSA) is 86.7 Å². The predicted octanol–water partition coefficient (Wildman–Crippen LogP) is -0.137. The Kier molecular flexibility index (Phi) is 3.02. The zero-order chi connectivity index (χ0) is 11.4. The first kappa shape index (κ1) is 10.4. The van der Waals surface area contributed by atoms with Gasteiger partial charge in [0, 0.05) is 31.7 Å². The predicted molar refractivity (Wildman–Crippen MR) is 56.7 cm³/mol. The van der Waals surface area contributed by atoms with Gasteiger partial charge in [0.25, 0.3) is 0 Å². The number of hydrogen-bond donors (Lipinski definition) is 1. The van der Waals surface area contributed by atoms with Gasteiger partial charge in [-0.25, -0.2) is 15.0 Å². The van der Waals surface area contributed by atoms with Gasteiger partial charge in [-0.15, -0.1) is 0 Å². The molecule has 2 N–H and O–H groups in total. The summed E-state index contributed by atoms with van der Waals surface area (Å²) in [5.74, 6) is -0.184. The summed E-state index contributed by atoms with van der Waals surface area (Å²) in [6.45, 7) is 1.16. The fraction of sp³-hybridized carbons (Fsp3) is 0.200. The molecule has 0 unspecified atom stereocenters. The van der Waals surface area contributed by atoms with Gasteiger partial charge in [-0.1, -0.05) is 0 Å². The molecule has 0 bridgehead atoms. The van der Waals surface area contributed by atoms with E-state index < -0.39 is 0 Å². The zero-order valence-electron chi connectivity index (χ0n) is 8.58. The van der Waals surface area contributed by atoms with Crippen molar-refractivity contribution in [2.75, 3.05) is 6.54 Å². The molecule has 0 amide bonds. The van der Waals surface area contributed by atoms with Gasteiger partial charge in [0.05, 0.1) is 11.9 Å². The lowest BCUT2D eigenvalue weighted by Crippen LogP contribution is -2.08. The van der Waals surface area contributed by atoms with Gasteiger partial charge in [0.1, 0.15) is 12.0 Å². The van der Waals surface area contributed by atoms with E-state index in [9.17, 15) is 4.79 Å². The molecule has 2 heterocycles. The molecule has 0 saturated carbocycles. The minimum absolute atomic E-state index is 0.184. The maximum atomic E-state index is 11.9. The molecule has 0 fully saturated rings. The van der Waals surface area contributed by atoms with Gasteiger partial charge < -0.3 is 10.3 Å². The molecule has 0 aliphatic heterocycles. The highest BCUT2D eigenvalue weighted by Crippen LogP contribution is 2.05. The van der Waals surface area contributed by atoms with Gasteiger partial charge in [0.15, 0.2) is 0 Å². The number of rotatable bonds is 4. The van der Waals surface area contributed by atoms with Crippen LogP contribution in [0.2, 0.25) is 0 Å². The SMILES string of the molecule is NCCn1cnc(C(=O)c2cncnc2)c1. The number of ketones is 1. The van der Waals surface area contributed by atoms with Gasteiger partial charge in [-0.05, 0) is 0 Å². The first-order valence-corrected chi connectivity index (χ1v) is 4.83. The Hall–Kier alpha value is -2.08. The Bertz CT molecular complexity index is 479. The number of aromatic nitrogens is 4. The zero-order valence-corrected chi connectivity index (χ0v) is 8.58. The van der Waals surface area contributed by atoms with Crippen molar-refractivity contribution in [2.45, 2.75) is 6.54 Å². The molecule has 0 saturated heterocycles. The molecule has 0 aliphatic rings. The highest BCUT2D eigenvalue weighted by atomic mass is 16.1. The average Bonchev–Trinajstić information content (AvgIpc) is 2.78. The van der Waals surface area contributed by atoms with Crippen LogP contribution in [0.15, 0.2) is 31.2 Å². The largest absolute Gasteiger partial charge is 0.335 e. The van der Waals surface area contributed by atoms with Gasteiger partial charge in [-0.3, -0.25) is 4.79 Å². The third-order valence-electron chi connectivity index (χ3n) is 2.08.